The van der Waals surface area contributed by atoms with Crippen molar-refractivity contribution in [3.63, 3.8) is 0 Å². The first-order valence-corrected chi connectivity index (χ1v) is 6.46. The average Bonchev–Trinajstić information content (AvgIpc) is 2.74. The van der Waals surface area contributed by atoms with Crippen LogP contribution in [-0.2, 0) is 11.2 Å². The first-order valence-electron chi connectivity index (χ1n) is 6.46. The summed E-state index contributed by atoms with van der Waals surface area (Å²) in [6.45, 7) is 3.08. The van der Waals surface area contributed by atoms with Crippen LogP contribution in [0, 0.1) is 5.92 Å². The molecule has 1 aromatic heterocycles. The summed E-state index contributed by atoms with van der Waals surface area (Å²) in [5, 5.41) is 3.40. The van der Waals surface area contributed by atoms with E-state index in [0.717, 1.165) is 44.7 Å². The minimum absolute atomic E-state index is 0.165. The zero-order valence-electron chi connectivity index (χ0n) is 10.1. The highest BCUT2D eigenvalue weighted by Crippen LogP contribution is 2.37. The Kier molecular flexibility index (Phi) is 3.07. The highest BCUT2D eigenvalue weighted by Gasteiger charge is 2.40. The normalized spacial score (nSPS) is 27.4. The molecule has 3 rings (SSSR count). The molecule has 1 aromatic rings. The molecule has 0 saturated carbocycles. The van der Waals surface area contributed by atoms with Crippen LogP contribution in [0.1, 0.15) is 25.0 Å². The summed E-state index contributed by atoms with van der Waals surface area (Å²) >= 11 is 0. The van der Waals surface area contributed by atoms with Crippen LogP contribution in [0.4, 0.5) is 0 Å². The molecule has 0 radical (unpaired) electrons. The van der Waals surface area contributed by atoms with E-state index in [0.29, 0.717) is 5.92 Å². The minimum atomic E-state index is 0.165. The van der Waals surface area contributed by atoms with Crippen molar-refractivity contribution in [3.05, 3.63) is 24.3 Å². The summed E-state index contributed by atoms with van der Waals surface area (Å²) in [4.78, 5) is 8.46. The third-order valence-electron chi connectivity index (χ3n) is 3.92. The Morgan fingerprint density at radius 3 is 3.00 bits per heavy atom. The van der Waals surface area contributed by atoms with Crippen molar-refractivity contribution < 1.29 is 4.74 Å². The maximum atomic E-state index is 6.08. The fraction of sp³-hybridized carbons (Fsp3) is 0.692. The van der Waals surface area contributed by atoms with Gasteiger partial charge in [-0.3, -0.25) is 9.97 Å². The molecule has 1 spiro atoms. The molecular formula is C13H19N3O. The molecule has 92 valence electrons. The first-order chi connectivity index (χ1) is 8.36. The van der Waals surface area contributed by atoms with Crippen LogP contribution in [-0.4, -0.2) is 35.3 Å². The van der Waals surface area contributed by atoms with Crippen molar-refractivity contribution >= 4 is 0 Å². The number of ether oxygens (including phenoxy) is 1. The number of aromatic nitrogens is 2. The predicted octanol–water partition coefficient (Wildman–Crippen LogP) is 1.18. The molecule has 1 atom stereocenters. The summed E-state index contributed by atoms with van der Waals surface area (Å²) in [6.07, 6.45) is 9.87. The standard InChI is InChI=1S/C13H19N3O/c1-3-14-4-2-13(1)8-11(10-17-13)7-12-9-15-5-6-16-12/h5-6,9,11,14H,1-4,7-8,10H2/t11-/m0/s1. The number of nitrogens with one attached hydrogen (secondary N) is 1. The molecule has 2 saturated heterocycles. The van der Waals surface area contributed by atoms with Gasteiger partial charge >= 0.3 is 0 Å². The Bertz CT molecular complexity index is 362. The van der Waals surface area contributed by atoms with Crippen molar-refractivity contribution in [1.29, 1.82) is 0 Å². The lowest BCUT2D eigenvalue weighted by molar-refractivity contribution is -0.0196. The van der Waals surface area contributed by atoms with Gasteiger partial charge in [0.1, 0.15) is 0 Å². The van der Waals surface area contributed by atoms with Gasteiger partial charge in [-0.05, 0) is 44.7 Å². The quantitative estimate of drug-likeness (QED) is 0.833. The van der Waals surface area contributed by atoms with Gasteiger partial charge in [0, 0.05) is 18.6 Å². The van der Waals surface area contributed by atoms with Crippen molar-refractivity contribution in [1.82, 2.24) is 15.3 Å². The number of hydrogen-bond donors (Lipinski definition) is 1. The van der Waals surface area contributed by atoms with Gasteiger partial charge in [-0.15, -0.1) is 0 Å². The van der Waals surface area contributed by atoms with Gasteiger partial charge in [-0.1, -0.05) is 0 Å². The third kappa shape index (κ3) is 2.48. The SMILES string of the molecule is c1cnc(C[C@@H]2COC3(CCNCC3)C2)cn1. The Balaban J connectivity index is 1.60. The van der Waals surface area contributed by atoms with E-state index in [1.165, 1.54) is 6.42 Å². The maximum Gasteiger partial charge on any atom is 0.0710 e. The van der Waals surface area contributed by atoms with Crippen molar-refractivity contribution in [2.45, 2.75) is 31.3 Å². The Morgan fingerprint density at radius 2 is 2.24 bits per heavy atom. The van der Waals surface area contributed by atoms with Crippen molar-refractivity contribution in [2.24, 2.45) is 5.92 Å². The Labute approximate surface area is 102 Å². The molecule has 3 heterocycles. The fourth-order valence-electron chi connectivity index (χ4n) is 3.03. The van der Waals surface area contributed by atoms with E-state index in [4.69, 9.17) is 4.74 Å². The topological polar surface area (TPSA) is 47.0 Å². The van der Waals surface area contributed by atoms with Gasteiger partial charge in [-0.2, -0.15) is 0 Å². The van der Waals surface area contributed by atoms with Crippen molar-refractivity contribution in [2.75, 3.05) is 19.7 Å². The zero-order valence-corrected chi connectivity index (χ0v) is 10.1. The fourth-order valence-corrected chi connectivity index (χ4v) is 3.03. The smallest absolute Gasteiger partial charge is 0.0710 e. The molecule has 0 aliphatic carbocycles. The Hall–Kier alpha value is -1.00. The molecular weight excluding hydrogens is 214 g/mol. The van der Waals surface area contributed by atoms with E-state index in [-0.39, 0.29) is 5.60 Å². The van der Waals surface area contributed by atoms with Crippen LogP contribution in [0.2, 0.25) is 0 Å². The predicted molar refractivity (Wildman–Crippen MR) is 64.6 cm³/mol. The van der Waals surface area contributed by atoms with Gasteiger partial charge < -0.3 is 10.1 Å². The van der Waals surface area contributed by atoms with Gasteiger partial charge in [0.25, 0.3) is 0 Å². The van der Waals surface area contributed by atoms with E-state index in [2.05, 4.69) is 15.3 Å². The number of nitrogens with zero attached hydrogens (tertiary/aromatic N) is 2. The summed E-state index contributed by atoms with van der Waals surface area (Å²) in [5.41, 5.74) is 1.25. The monoisotopic (exact) mass is 233 g/mol. The van der Waals surface area contributed by atoms with E-state index in [1.54, 1.807) is 12.4 Å². The summed E-state index contributed by atoms with van der Waals surface area (Å²) in [7, 11) is 0. The molecule has 17 heavy (non-hydrogen) atoms. The first kappa shape index (κ1) is 11.1. The second kappa shape index (κ2) is 4.70. The van der Waals surface area contributed by atoms with Crippen LogP contribution in [0.3, 0.4) is 0 Å². The molecule has 0 aromatic carbocycles. The molecule has 2 aliphatic heterocycles. The zero-order chi connectivity index (χ0) is 11.6. The molecule has 4 heteroatoms. The number of rotatable bonds is 2. The van der Waals surface area contributed by atoms with Gasteiger partial charge in [0.15, 0.2) is 0 Å². The van der Waals surface area contributed by atoms with Gasteiger partial charge in [0.2, 0.25) is 0 Å². The number of hydrogen-bond acceptors (Lipinski definition) is 4. The lowest BCUT2D eigenvalue weighted by Crippen LogP contribution is -2.41. The van der Waals surface area contributed by atoms with Crippen LogP contribution >= 0.6 is 0 Å². The molecule has 0 unspecified atom stereocenters. The maximum absolute atomic E-state index is 6.08. The molecule has 0 bridgehead atoms. The second-order valence-corrected chi connectivity index (χ2v) is 5.22. The molecule has 2 aliphatic rings. The van der Waals surface area contributed by atoms with Crippen LogP contribution < -0.4 is 5.32 Å². The summed E-state index contributed by atoms with van der Waals surface area (Å²) in [5.74, 6) is 0.616. The molecule has 0 amide bonds. The van der Waals surface area contributed by atoms with Crippen LogP contribution in [0.25, 0.3) is 0 Å². The lowest BCUT2D eigenvalue weighted by Gasteiger charge is -2.33. The molecule has 1 N–H and O–H groups in total. The largest absolute Gasteiger partial charge is 0.375 e. The van der Waals surface area contributed by atoms with Crippen LogP contribution in [0.5, 0.6) is 0 Å². The summed E-state index contributed by atoms with van der Waals surface area (Å²) in [6, 6.07) is 0. The third-order valence-corrected chi connectivity index (χ3v) is 3.92. The lowest BCUT2D eigenvalue weighted by atomic mass is 9.85. The highest BCUT2D eigenvalue weighted by molar-refractivity contribution is 5.00. The Morgan fingerprint density at radius 1 is 1.35 bits per heavy atom. The van der Waals surface area contributed by atoms with Gasteiger partial charge in [0.05, 0.1) is 17.9 Å². The van der Waals surface area contributed by atoms with Gasteiger partial charge in [-0.25, -0.2) is 0 Å². The average molecular weight is 233 g/mol. The number of piperidine rings is 1. The van der Waals surface area contributed by atoms with E-state index < -0.39 is 0 Å². The second-order valence-electron chi connectivity index (χ2n) is 5.22. The summed E-state index contributed by atoms with van der Waals surface area (Å²) < 4.78 is 6.08. The van der Waals surface area contributed by atoms with E-state index in [9.17, 15) is 0 Å². The highest BCUT2D eigenvalue weighted by atomic mass is 16.5. The van der Waals surface area contributed by atoms with E-state index in [1.807, 2.05) is 6.20 Å². The van der Waals surface area contributed by atoms with Crippen LogP contribution in [0.15, 0.2) is 18.6 Å². The van der Waals surface area contributed by atoms with E-state index >= 15 is 0 Å². The molecule has 4 nitrogen and oxygen atoms in total. The van der Waals surface area contributed by atoms with Crippen molar-refractivity contribution in [3.8, 4) is 0 Å². The minimum Gasteiger partial charge on any atom is -0.375 e. The molecule has 2 fully saturated rings.